The van der Waals surface area contributed by atoms with Gasteiger partial charge in [0, 0.05) is 19.1 Å². The highest BCUT2D eigenvalue weighted by atomic mass is 16.5. The van der Waals surface area contributed by atoms with Crippen LogP contribution in [-0.4, -0.2) is 45.3 Å². The molecular weight excluding hydrogens is 264 g/mol. The van der Waals surface area contributed by atoms with Crippen molar-refractivity contribution in [2.24, 2.45) is 0 Å². The molecule has 0 amide bonds. The van der Waals surface area contributed by atoms with Crippen molar-refractivity contribution in [1.82, 2.24) is 10.2 Å². The largest absolute Gasteiger partial charge is 0.497 e. The molecule has 0 saturated heterocycles. The lowest BCUT2D eigenvalue weighted by atomic mass is 10.1. The number of benzene rings is 1. The minimum absolute atomic E-state index is 0.295. The van der Waals surface area contributed by atoms with E-state index in [4.69, 9.17) is 9.47 Å². The summed E-state index contributed by atoms with van der Waals surface area (Å²) in [5, 5.41) is 3.53. The summed E-state index contributed by atoms with van der Waals surface area (Å²) in [6.45, 7) is 1.78. The van der Waals surface area contributed by atoms with E-state index in [1.54, 1.807) is 7.11 Å². The molecule has 2 atom stereocenters. The first-order valence-electron chi connectivity index (χ1n) is 7.52. The SMILES string of the molecule is COc1cccc(C(CNCC2CCC=CO2)N(C)C)c1. The van der Waals surface area contributed by atoms with Crippen LogP contribution in [0, 0.1) is 0 Å². The Morgan fingerprint density at radius 2 is 2.29 bits per heavy atom. The summed E-state index contributed by atoms with van der Waals surface area (Å²) in [5.74, 6) is 0.903. The van der Waals surface area contributed by atoms with Gasteiger partial charge in [-0.25, -0.2) is 0 Å². The van der Waals surface area contributed by atoms with E-state index in [0.717, 1.165) is 31.7 Å². The topological polar surface area (TPSA) is 33.7 Å². The van der Waals surface area contributed by atoms with Crippen LogP contribution in [0.2, 0.25) is 0 Å². The number of methoxy groups -OCH3 is 1. The summed E-state index contributed by atoms with van der Waals surface area (Å²) in [5.41, 5.74) is 1.26. The van der Waals surface area contributed by atoms with Gasteiger partial charge in [0.1, 0.15) is 11.9 Å². The second kappa shape index (κ2) is 8.05. The number of nitrogens with zero attached hydrogens (tertiary/aromatic N) is 1. The molecule has 116 valence electrons. The molecule has 0 bridgehead atoms. The third kappa shape index (κ3) is 4.76. The summed E-state index contributed by atoms with van der Waals surface area (Å²) >= 11 is 0. The second-order valence-corrected chi connectivity index (χ2v) is 5.62. The van der Waals surface area contributed by atoms with Crippen molar-refractivity contribution in [1.29, 1.82) is 0 Å². The minimum Gasteiger partial charge on any atom is -0.497 e. The van der Waals surface area contributed by atoms with Gasteiger partial charge in [0.2, 0.25) is 0 Å². The van der Waals surface area contributed by atoms with Gasteiger partial charge in [-0.2, -0.15) is 0 Å². The van der Waals surface area contributed by atoms with Crippen LogP contribution >= 0.6 is 0 Å². The van der Waals surface area contributed by atoms with Gasteiger partial charge in [-0.05, 0) is 50.7 Å². The maximum atomic E-state index is 5.59. The lowest BCUT2D eigenvalue weighted by molar-refractivity contribution is 0.120. The van der Waals surface area contributed by atoms with Gasteiger partial charge in [0.05, 0.1) is 13.4 Å². The number of nitrogens with one attached hydrogen (secondary N) is 1. The third-order valence-corrected chi connectivity index (χ3v) is 3.83. The number of allylic oxidation sites excluding steroid dienone is 1. The smallest absolute Gasteiger partial charge is 0.119 e. The molecule has 2 rings (SSSR count). The highest BCUT2D eigenvalue weighted by Crippen LogP contribution is 2.22. The van der Waals surface area contributed by atoms with Crippen molar-refractivity contribution in [3.8, 4) is 5.75 Å². The van der Waals surface area contributed by atoms with Crippen molar-refractivity contribution in [2.45, 2.75) is 25.0 Å². The van der Waals surface area contributed by atoms with E-state index in [-0.39, 0.29) is 0 Å². The molecule has 0 radical (unpaired) electrons. The van der Waals surface area contributed by atoms with E-state index in [2.05, 4.69) is 42.5 Å². The van der Waals surface area contributed by atoms with Crippen molar-refractivity contribution in [3.05, 3.63) is 42.2 Å². The molecule has 2 unspecified atom stereocenters. The predicted molar refractivity (Wildman–Crippen MR) is 85.5 cm³/mol. The molecule has 4 nitrogen and oxygen atoms in total. The maximum absolute atomic E-state index is 5.59. The Balaban J connectivity index is 1.90. The fraction of sp³-hybridized carbons (Fsp3) is 0.529. The van der Waals surface area contributed by atoms with Crippen LogP contribution in [0.15, 0.2) is 36.6 Å². The van der Waals surface area contributed by atoms with E-state index >= 15 is 0 Å². The Hall–Kier alpha value is -1.52. The Bertz CT molecular complexity index is 460. The molecule has 0 aliphatic carbocycles. The summed E-state index contributed by atoms with van der Waals surface area (Å²) in [6, 6.07) is 8.59. The first-order valence-corrected chi connectivity index (χ1v) is 7.52. The molecule has 21 heavy (non-hydrogen) atoms. The molecule has 0 spiro atoms. The molecular formula is C17H26N2O2. The number of hydrogen-bond acceptors (Lipinski definition) is 4. The predicted octanol–water partition coefficient (Wildman–Crippen LogP) is 2.58. The van der Waals surface area contributed by atoms with E-state index in [0.29, 0.717) is 12.1 Å². The van der Waals surface area contributed by atoms with Gasteiger partial charge in [-0.15, -0.1) is 0 Å². The Labute approximate surface area is 127 Å². The standard InChI is InChI=1S/C17H26N2O2/c1-19(2)17(14-7-6-9-15(11-14)20-3)13-18-12-16-8-4-5-10-21-16/h5-7,9-11,16-18H,4,8,12-13H2,1-3H3. The van der Waals surface area contributed by atoms with E-state index in [1.165, 1.54) is 5.56 Å². The van der Waals surface area contributed by atoms with Crippen LogP contribution in [0.3, 0.4) is 0 Å². The number of ether oxygens (including phenoxy) is 2. The van der Waals surface area contributed by atoms with Crippen LogP contribution in [0.1, 0.15) is 24.4 Å². The molecule has 1 aromatic rings. The van der Waals surface area contributed by atoms with Crippen molar-refractivity contribution in [2.75, 3.05) is 34.3 Å². The van der Waals surface area contributed by atoms with Gasteiger partial charge < -0.3 is 19.7 Å². The summed E-state index contributed by atoms with van der Waals surface area (Å²) < 4.78 is 10.9. The van der Waals surface area contributed by atoms with Gasteiger partial charge >= 0.3 is 0 Å². The van der Waals surface area contributed by atoms with Crippen LogP contribution in [0.4, 0.5) is 0 Å². The second-order valence-electron chi connectivity index (χ2n) is 5.62. The lowest BCUT2D eigenvalue weighted by Crippen LogP contribution is -2.36. The van der Waals surface area contributed by atoms with Gasteiger partial charge in [0.25, 0.3) is 0 Å². The van der Waals surface area contributed by atoms with Crippen molar-refractivity contribution < 1.29 is 9.47 Å². The molecule has 1 aliphatic rings. The van der Waals surface area contributed by atoms with Crippen LogP contribution in [0.25, 0.3) is 0 Å². The maximum Gasteiger partial charge on any atom is 0.119 e. The zero-order chi connectivity index (χ0) is 15.1. The molecule has 1 aromatic carbocycles. The highest BCUT2D eigenvalue weighted by Gasteiger charge is 2.16. The quantitative estimate of drug-likeness (QED) is 0.837. The van der Waals surface area contributed by atoms with Gasteiger partial charge in [-0.1, -0.05) is 12.1 Å². The van der Waals surface area contributed by atoms with Crippen molar-refractivity contribution >= 4 is 0 Å². The number of likely N-dealkylation sites (N-methyl/N-ethyl adjacent to an activating group) is 1. The van der Waals surface area contributed by atoms with E-state index in [1.807, 2.05) is 18.4 Å². The van der Waals surface area contributed by atoms with E-state index in [9.17, 15) is 0 Å². The van der Waals surface area contributed by atoms with E-state index < -0.39 is 0 Å². The summed E-state index contributed by atoms with van der Waals surface area (Å²) in [7, 11) is 5.91. The molecule has 0 fully saturated rings. The molecule has 0 saturated carbocycles. The van der Waals surface area contributed by atoms with Crippen LogP contribution in [0.5, 0.6) is 5.75 Å². The fourth-order valence-corrected chi connectivity index (χ4v) is 2.56. The molecule has 0 aromatic heterocycles. The zero-order valence-corrected chi connectivity index (χ0v) is 13.2. The first kappa shape index (κ1) is 15.9. The third-order valence-electron chi connectivity index (χ3n) is 3.83. The monoisotopic (exact) mass is 290 g/mol. The fourth-order valence-electron chi connectivity index (χ4n) is 2.56. The Kier molecular flexibility index (Phi) is 6.08. The minimum atomic E-state index is 0.295. The van der Waals surface area contributed by atoms with Crippen LogP contribution < -0.4 is 10.1 Å². The summed E-state index contributed by atoms with van der Waals surface area (Å²) in [6.07, 6.45) is 6.40. The highest BCUT2D eigenvalue weighted by molar-refractivity contribution is 5.30. The van der Waals surface area contributed by atoms with Gasteiger partial charge in [0.15, 0.2) is 0 Å². The molecule has 1 aliphatic heterocycles. The Morgan fingerprint density at radius 3 is 2.95 bits per heavy atom. The van der Waals surface area contributed by atoms with Gasteiger partial charge in [-0.3, -0.25) is 0 Å². The average Bonchev–Trinajstić information content (AvgIpc) is 2.52. The average molecular weight is 290 g/mol. The van der Waals surface area contributed by atoms with Crippen molar-refractivity contribution in [3.63, 3.8) is 0 Å². The number of rotatable bonds is 7. The molecule has 4 heteroatoms. The molecule has 1 heterocycles. The number of hydrogen-bond donors (Lipinski definition) is 1. The first-order chi connectivity index (χ1) is 10.2. The molecule has 1 N–H and O–H groups in total. The summed E-state index contributed by atoms with van der Waals surface area (Å²) in [4.78, 5) is 2.23. The Morgan fingerprint density at radius 1 is 1.43 bits per heavy atom. The zero-order valence-electron chi connectivity index (χ0n) is 13.2. The normalized spacial score (nSPS) is 19.3. The van der Waals surface area contributed by atoms with Crippen LogP contribution in [-0.2, 0) is 4.74 Å². The lowest BCUT2D eigenvalue weighted by Gasteiger charge is -2.27.